The Hall–Kier alpha value is -1.85. The first kappa shape index (κ1) is 17.5. The van der Waals surface area contributed by atoms with Crippen molar-refractivity contribution in [1.29, 1.82) is 0 Å². The van der Waals surface area contributed by atoms with Gasteiger partial charge in [-0.3, -0.25) is 4.79 Å². The zero-order chi connectivity index (χ0) is 16.5. The molecule has 1 atom stereocenters. The summed E-state index contributed by atoms with van der Waals surface area (Å²) < 4.78 is 0. The van der Waals surface area contributed by atoms with Crippen LogP contribution in [0.2, 0.25) is 0 Å². The van der Waals surface area contributed by atoms with Crippen LogP contribution in [-0.4, -0.2) is 42.1 Å². The van der Waals surface area contributed by atoms with Crippen LogP contribution in [0.3, 0.4) is 0 Å². The van der Waals surface area contributed by atoms with E-state index in [0.717, 1.165) is 57.1 Å². The summed E-state index contributed by atoms with van der Waals surface area (Å²) in [6.45, 7) is 7.77. The van der Waals surface area contributed by atoms with Gasteiger partial charge < -0.3 is 15.5 Å². The number of aromatic nitrogens is 2. The minimum absolute atomic E-state index is 0.181. The first-order valence-corrected chi connectivity index (χ1v) is 8.80. The van der Waals surface area contributed by atoms with Crippen LogP contribution in [0.4, 0.5) is 11.6 Å². The van der Waals surface area contributed by atoms with Gasteiger partial charge >= 0.3 is 0 Å². The van der Waals surface area contributed by atoms with Crippen molar-refractivity contribution in [2.75, 3.05) is 36.4 Å². The van der Waals surface area contributed by atoms with E-state index in [9.17, 15) is 4.79 Å². The van der Waals surface area contributed by atoms with Crippen molar-refractivity contribution in [2.45, 2.75) is 46.0 Å². The third-order valence-electron chi connectivity index (χ3n) is 4.21. The minimum atomic E-state index is 0.181. The first-order chi connectivity index (χ1) is 11.2. The van der Waals surface area contributed by atoms with E-state index in [1.54, 1.807) is 6.33 Å². The molecule has 2 N–H and O–H groups in total. The second kappa shape index (κ2) is 9.33. The van der Waals surface area contributed by atoms with Gasteiger partial charge in [0.25, 0.3) is 0 Å². The van der Waals surface area contributed by atoms with Crippen molar-refractivity contribution in [3.05, 3.63) is 12.4 Å². The van der Waals surface area contributed by atoms with E-state index < -0.39 is 0 Å². The molecule has 0 spiro atoms. The second-order valence-corrected chi connectivity index (χ2v) is 6.13. The monoisotopic (exact) mass is 319 g/mol. The number of anilines is 2. The summed E-state index contributed by atoms with van der Waals surface area (Å²) in [7, 11) is 0. The van der Waals surface area contributed by atoms with E-state index in [1.165, 1.54) is 6.42 Å². The van der Waals surface area contributed by atoms with Crippen molar-refractivity contribution in [3.63, 3.8) is 0 Å². The van der Waals surface area contributed by atoms with Gasteiger partial charge in [-0.15, -0.1) is 0 Å². The number of nitrogens with one attached hydrogen (secondary N) is 2. The van der Waals surface area contributed by atoms with Gasteiger partial charge in [-0.1, -0.05) is 6.92 Å². The highest BCUT2D eigenvalue weighted by atomic mass is 16.1. The van der Waals surface area contributed by atoms with Gasteiger partial charge in [0.2, 0.25) is 5.91 Å². The van der Waals surface area contributed by atoms with Crippen LogP contribution in [0.1, 0.15) is 46.0 Å². The molecule has 1 unspecified atom stereocenters. The normalized spacial score (nSPS) is 17.8. The number of carbonyl (C=O) groups is 1. The van der Waals surface area contributed by atoms with Gasteiger partial charge in [0.05, 0.1) is 0 Å². The molecule has 1 fully saturated rings. The van der Waals surface area contributed by atoms with Crippen molar-refractivity contribution >= 4 is 17.5 Å². The Morgan fingerprint density at radius 2 is 2.26 bits per heavy atom. The molecular formula is C17H29N5O. The molecule has 23 heavy (non-hydrogen) atoms. The summed E-state index contributed by atoms with van der Waals surface area (Å²) in [6.07, 6.45) is 6.55. The largest absolute Gasteiger partial charge is 0.370 e. The Morgan fingerprint density at radius 3 is 3.04 bits per heavy atom. The van der Waals surface area contributed by atoms with Gasteiger partial charge in [-0.25, -0.2) is 9.97 Å². The van der Waals surface area contributed by atoms with Crippen LogP contribution in [0, 0.1) is 5.92 Å². The van der Waals surface area contributed by atoms with Crippen LogP contribution in [0.25, 0.3) is 0 Å². The fourth-order valence-electron chi connectivity index (χ4n) is 2.99. The molecule has 6 nitrogen and oxygen atoms in total. The fraction of sp³-hybridized carbons (Fsp3) is 0.706. The predicted octanol–water partition coefficient (Wildman–Crippen LogP) is 2.43. The van der Waals surface area contributed by atoms with E-state index >= 15 is 0 Å². The number of carbonyl (C=O) groups excluding carboxylic acids is 1. The zero-order valence-corrected chi connectivity index (χ0v) is 14.3. The van der Waals surface area contributed by atoms with Crippen LogP contribution < -0.4 is 15.5 Å². The summed E-state index contributed by atoms with van der Waals surface area (Å²) in [4.78, 5) is 22.7. The molecule has 128 valence electrons. The van der Waals surface area contributed by atoms with Crippen LogP contribution in [0.5, 0.6) is 0 Å². The average Bonchev–Trinajstić information content (AvgIpc) is 2.59. The van der Waals surface area contributed by atoms with E-state index in [4.69, 9.17) is 0 Å². The molecule has 1 aliphatic rings. The molecule has 6 heteroatoms. The SMILES string of the molecule is CCCNC(=O)CCC1CCCN(c2cc(NCC)ncn2)C1. The summed E-state index contributed by atoms with van der Waals surface area (Å²) >= 11 is 0. The maximum absolute atomic E-state index is 11.8. The summed E-state index contributed by atoms with van der Waals surface area (Å²) in [5.41, 5.74) is 0. The van der Waals surface area contributed by atoms with Gasteiger partial charge in [0, 0.05) is 38.7 Å². The van der Waals surface area contributed by atoms with Gasteiger partial charge in [0.1, 0.15) is 18.0 Å². The topological polar surface area (TPSA) is 70.2 Å². The van der Waals surface area contributed by atoms with Crippen LogP contribution in [0.15, 0.2) is 12.4 Å². The quantitative estimate of drug-likeness (QED) is 0.770. The maximum atomic E-state index is 11.8. The predicted molar refractivity (Wildman–Crippen MR) is 93.7 cm³/mol. The van der Waals surface area contributed by atoms with E-state index in [0.29, 0.717) is 12.3 Å². The standard InChI is InChI=1S/C17H29N5O/c1-3-9-19-17(23)8-7-14-6-5-10-22(12-14)16-11-15(18-4-2)20-13-21-16/h11,13-14H,3-10,12H2,1-2H3,(H,19,23)(H,18,20,21). The molecule has 2 heterocycles. The fourth-order valence-corrected chi connectivity index (χ4v) is 2.99. The number of amides is 1. The third kappa shape index (κ3) is 5.69. The van der Waals surface area contributed by atoms with Gasteiger partial charge in [0.15, 0.2) is 0 Å². The lowest BCUT2D eigenvalue weighted by molar-refractivity contribution is -0.121. The van der Waals surface area contributed by atoms with Gasteiger partial charge in [-0.2, -0.15) is 0 Å². The summed E-state index contributed by atoms with van der Waals surface area (Å²) in [5.74, 6) is 2.60. The molecule has 1 aliphatic heterocycles. The highest BCUT2D eigenvalue weighted by Gasteiger charge is 2.21. The Labute approximate surface area is 139 Å². The Balaban J connectivity index is 1.85. The maximum Gasteiger partial charge on any atom is 0.220 e. The molecule has 0 aromatic carbocycles. The van der Waals surface area contributed by atoms with E-state index in [2.05, 4.69) is 39.3 Å². The number of rotatable bonds is 8. The molecule has 2 rings (SSSR count). The van der Waals surface area contributed by atoms with Crippen molar-refractivity contribution < 1.29 is 4.79 Å². The molecule has 1 aromatic rings. The summed E-state index contributed by atoms with van der Waals surface area (Å²) in [6, 6.07) is 2.01. The average molecular weight is 319 g/mol. The van der Waals surface area contributed by atoms with Crippen molar-refractivity contribution in [3.8, 4) is 0 Å². The smallest absolute Gasteiger partial charge is 0.220 e. The minimum Gasteiger partial charge on any atom is -0.370 e. The van der Waals surface area contributed by atoms with Crippen molar-refractivity contribution in [1.82, 2.24) is 15.3 Å². The molecule has 0 saturated carbocycles. The summed E-state index contributed by atoms with van der Waals surface area (Å²) in [5, 5.41) is 6.18. The second-order valence-electron chi connectivity index (χ2n) is 6.13. The number of piperidine rings is 1. The molecule has 1 saturated heterocycles. The lowest BCUT2D eigenvalue weighted by atomic mass is 9.93. The lowest BCUT2D eigenvalue weighted by Gasteiger charge is -2.33. The third-order valence-corrected chi connectivity index (χ3v) is 4.21. The van der Waals surface area contributed by atoms with Crippen LogP contribution in [-0.2, 0) is 4.79 Å². The highest BCUT2D eigenvalue weighted by molar-refractivity contribution is 5.75. The Bertz CT molecular complexity index is 494. The Morgan fingerprint density at radius 1 is 1.39 bits per heavy atom. The lowest BCUT2D eigenvalue weighted by Crippen LogP contribution is -2.36. The van der Waals surface area contributed by atoms with E-state index in [-0.39, 0.29) is 5.91 Å². The number of nitrogens with zero attached hydrogens (tertiary/aromatic N) is 3. The molecule has 0 radical (unpaired) electrons. The number of hydrogen-bond acceptors (Lipinski definition) is 5. The van der Waals surface area contributed by atoms with Crippen LogP contribution >= 0.6 is 0 Å². The zero-order valence-electron chi connectivity index (χ0n) is 14.3. The molecular weight excluding hydrogens is 290 g/mol. The van der Waals surface area contributed by atoms with E-state index in [1.807, 2.05) is 6.07 Å². The van der Waals surface area contributed by atoms with Crippen molar-refractivity contribution in [2.24, 2.45) is 5.92 Å². The molecule has 0 bridgehead atoms. The number of hydrogen-bond donors (Lipinski definition) is 2. The highest BCUT2D eigenvalue weighted by Crippen LogP contribution is 2.25. The van der Waals surface area contributed by atoms with Gasteiger partial charge in [-0.05, 0) is 38.5 Å². The molecule has 1 amide bonds. The Kier molecular flexibility index (Phi) is 7.10. The molecule has 1 aromatic heterocycles. The first-order valence-electron chi connectivity index (χ1n) is 8.80. The molecule has 0 aliphatic carbocycles.